The number of carbonyl (C=O) groups is 1. The molecule has 9 heteroatoms. The van der Waals surface area contributed by atoms with Crippen LogP contribution in [0.15, 0.2) is 35.7 Å². The maximum absolute atomic E-state index is 12.6. The summed E-state index contributed by atoms with van der Waals surface area (Å²) in [6.07, 6.45) is 2.74. The fourth-order valence-corrected chi connectivity index (χ4v) is 4.05. The molecule has 0 unspecified atom stereocenters. The summed E-state index contributed by atoms with van der Waals surface area (Å²) in [4.78, 5) is 16.2. The zero-order chi connectivity index (χ0) is 18.7. The number of benzene rings is 1. The van der Waals surface area contributed by atoms with Crippen LogP contribution in [0, 0.1) is 13.8 Å². The van der Waals surface area contributed by atoms with Gasteiger partial charge < -0.3 is 14.6 Å². The van der Waals surface area contributed by atoms with Crippen LogP contribution in [0.5, 0.6) is 0 Å². The van der Waals surface area contributed by atoms with Gasteiger partial charge in [-0.3, -0.25) is 4.79 Å². The van der Waals surface area contributed by atoms with Crippen LogP contribution in [0.2, 0.25) is 0 Å². The summed E-state index contributed by atoms with van der Waals surface area (Å²) in [7, 11) is -3.66. The molecule has 0 spiro atoms. The number of hydrogen-bond donors (Lipinski definition) is 1. The highest BCUT2D eigenvalue weighted by Gasteiger charge is 2.28. The lowest BCUT2D eigenvalue weighted by Gasteiger charge is -2.24. The molecule has 2 aromatic rings. The van der Waals surface area contributed by atoms with Crippen molar-refractivity contribution in [2.75, 3.05) is 31.6 Å². The van der Waals surface area contributed by atoms with E-state index >= 15 is 0 Å². The quantitative estimate of drug-likeness (QED) is 0.843. The fourth-order valence-electron chi connectivity index (χ4n) is 2.70. The highest BCUT2D eigenvalue weighted by molar-refractivity contribution is 7.89. The zero-order valence-corrected chi connectivity index (χ0v) is 15.6. The number of nitrogens with one attached hydrogen (secondary N) is 1. The van der Waals surface area contributed by atoms with Gasteiger partial charge in [0.15, 0.2) is 5.03 Å². The summed E-state index contributed by atoms with van der Waals surface area (Å²) < 4.78 is 33.1. The number of aryl methyl sites for hydroxylation is 2. The van der Waals surface area contributed by atoms with E-state index < -0.39 is 10.0 Å². The monoisotopic (exact) mass is 378 g/mol. The van der Waals surface area contributed by atoms with Crippen LogP contribution in [0.4, 0.5) is 5.69 Å². The van der Waals surface area contributed by atoms with E-state index in [-0.39, 0.29) is 17.5 Å². The third-order valence-corrected chi connectivity index (χ3v) is 5.96. The van der Waals surface area contributed by atoms with E-state index in [2.05, 4.69) is 10.3 Å². The zero-order valence-electron chi connectivity index (χ0n) is 14.8. The molecule has 1 aromatic heterocycles. The number of hydrogen-bond acceptors (Lipinski definition) is 5. The third kappa shape index (κ3) is 4.12. The van der Waals surface area contributed by atoms with Crippen molar-refractivity contribution in [1.29, 1.82) is 0 Å². The van der Waals surface area contributed by atoms with Crippen molar-refractivity contribution >= 4 is 21.6 Å². The Kier molecular flexibility index (Phi) is 5.40. The summed E-state index contributed by atoms with van der Waals surface area (Å²) in [5, 5.41) is 2.79. The highest BCUT2D eigenvalue weighted by Crippen LogP contribution is 2.17. The van der Waals surface area contributed by atoms with Crippen molar-refractivity contribution in [2.45, 2.75) is 25.4 Å². The van der Waals surface area contributed by atoms with Gasteiger partial charge >= 0.3 is 0 Å². The van der Waals surface area contributed by atoms with Crippen molar-refractivity contribution in [3.05, 3.63) is 41.9 Å². The first-order valence-electron chi connectivity index (χ1n) is 8.33. The van der Waals surface area contributed by atoms with Crippen LogP contribution in [-0.4, -0.2) is 54.5 Å². The Morgan fingerprint density at radius 3 is 2.73 bits per heavy atom. The van der Waals surface area contributed by atoms with Crippen molar-refractivity contribution < 1.29 is 17.9 Å². The average Bonchev–Trinajstić information content (AvgIpc) is 3.08. The molecule has 0 atom stereocenters. The SMILES string of the molecule is Cc1ccc(C)c(NC(=O)Cn2cnc(S(=O)(=O)N3CCOCC3)c2)c1. The number of aromatic nitrogens is 2. The van der Waals surface area contributed by atoms with E-state index in [4.69, 9.17) is 4.74 Å². The average molecular weight is 378 g/mol. The van der Waals surface area contributed by atoms with Crippen LogP contribution in [0.25, 0.3) is 0 Å². The van der Waals surface area contributed by atoms with Gasteiger partial charge in [0.05, 0.1) is 19.5 Å². The molecule has 1 amide bonds. The molecular formula is C17H22N4O4S. The molecule has 1 aromatic carbocycles. The number of amides is 1. The molecule has 8 nitrogen and oxygen atoms in total. The number of rotatable bonds is 5. The van der Waals surface area contributed by atoms with E-state index in [0.29, 0.717) is 26.3 Å². The Morgan fingerprint density at radius 2 is 2.00 bits per heavy atom. The lowest BCUT2D eigenvalue weighted by Crippen LogP contribution is -2.40. The predicted octanol–water partition coefficient (Wildman–Crippen LogP) is 1.16. The first-order valence-corrected chi connectivity index (χ1v) is 9.77. The Balaban J connectivity index is 1.68. The molecule has 1 aliphatic heterocycles. The maximum Gasteiger partial charge on any atom is 0.262 e. The number of ether oxygens (including phenoxy) is 1. The Labute approximate surface area is 152 Å². The number of sulfonamides is 1. The van der Waals surface area contributed by atoms with Gasteiger partial charge in [-0.15, -0.1) is 0 Å². The predicted molar refractivity (Wildman–Crippen MR) is 96.4 cm³/mol. The molecule has 0 radical (unpaired) electrons. The minimum absolute atomic E-state index is 0.0149. The summed E-state index contributed by atoms with van der Waals surface area (Å²) in [5.74, 6) is -0.244. The molecule has 3 rings (SSSR count). The van der Waals surface area contributed by atoms with Crippen LogP contribution >= 0.6 is 0 Å². The van der Waals surface area contributed by atoms with E-state index in [9.17, 15) is 13.2 Å². The summed E-state index contributed by atoms with van der Waals surface area (Å²) in [6, 6.07) is 5.81. The van der Waals surface area contributed by atoms with Crippen molar-refractivity contribution in [1.82, 2.24) is 13.9 Å². The Morgan fingerprint density at radius 1 is 1.27 bits per heavy atom. The normalized spacial score (nSPS) is 15.8. The molecule has 1 N–H and O–H groups in total. The minimum atomic E-state index is -3.66. The minimum Gasteiger partial charge on any atom is -0.379 e. The Bertz CT molecular complexity index is 901. The molecule has 140 valence electrons. The van der Waals surface area contributed by atoms with Crippen LogP contribution in [-0.2, 0) is 26.1 Å². The largest absolute Gasteiger partial charge is 0.379 e. The van der Waals surface area contributed by atoms with Crippen molar-refractivity contribution in [2.24, 2.45) is 0 Å². The van der Waals surface area contributed by atoms with Gasteiger partial charge in [0.1, 0.15) is 6.54 Å². The lowest BCUT2D eigenvalue weighted by atomic mass is 10.1. The summed E-state index contributed by atoms with van der Waals surface area (Å²) >= 11 is 0. The molecule has 0 aliphatic carbocycles. The van der Waals surface area contributed by atoms with E-state index in [1.165, 1.54) is 21.4 Å². The molecule has 0 saturated carbocycles. The fraction of sp³-hybridized carbons (Fsp3) is 0.412. The van der Waals surface area contributed by atoms with E-state index in [0.717, 1.165) is 16.8 Å². The third-order valence-electron chi connectivity index (χ3n) is 4.18. The molecule has 1 saturated heterocycles. The van der Waals surface area contributed by atoms with E-state index in [1.807, 2.05) is 32.0 Å². The van der Waals surface area contributed by atoms with Gasteiger partial charge in [0.2, 0.25) is 5.91 Å². The molecular weight excluding hydrogens is 356 g/mol. The van der Waals surface area contributed by atoms with Gasteiger partial charge in [-0.1, -0.05) is 12.1 Å². The highest BCUT2D eigenvalue weighted by atomic mass is 32.2. The number of anilines is 1. The molecule has 26 heavy (non-hydrogen) atoms. The van der Waals surface area contributed by atoms with Gasteiger partial charge in [-0.25, -0.2) is 13.4 Å². The van der Waals surface area contributed by atoms with Crippen molar-refractivity contribution in [3.8, 4) is 0 Å². The molecule has 2 heterocycles. The first kappa shape index (κ1) is 18.6. The topological polar surface area (TPSA) is 93.5 Å². The van der Waals surface area contributed by atoms with Gasteiger partial charge in [0, 0.05) is 25.0 Å². The van der Waals surface area contributed by atoms with E-state index in [1.54, 1.807) is 0 Å². The second-order valence-corrected chi connectivity index (χ2v) is 8.15. The molecule has 1 fully saturated rings. The van der Waals surface area contributed by atoms with Crippen LogP contribution in [0.3, 0.4) is 0 Å². The van der Waals surface area contributed by atoms with Crippen molar-refractivity contribution in [3.63, 3.8) is 0 Å². The van der Waals surface area contributed by atoms with Gasteiger partial charge in [0.25, 0.3) is 10.0 Å². The lowest BCUT2D eigenvalue weighted by molar-refractivity contribution is -0.116. The smallest absolute Gasteiger partial charge is 0.262 e. The molecule has 1 aliphatic rings. The first-order chi connectivity index (χ1) is 12.4. The Hall–Kier alpha value is -2.23. The standard InChI is InChI=1S/C17H22N4O4S/c1-13-3-4-14(2)15(9-13)19-16(22)10-20-11-17(18-12-20)26(23,24)21-5-7-25-8-6-21/h3-4,9,11-12H,5-8,10H2,1-2H3,(H,19,22). The van der Waals surface area contributed by atoms with Gasteiger partial charge in [-0.2, -0.15) is 4.31 Å². The number of nitrogens with zero attached hydrogens (tertiary/aromatic N) is 3. The maximum atomic E-state index is 12.6. The molecule has 0 bridgehead atoms. The number of imidazole rings is 1. The summed E-state index contributed by atoms with van der Waals surface area (Å²) in [6.45, 7) is 5.22. The summed E-state index contributed by atoms with van der Waals surface area (Å²) in [5.41, 5.74) is 2.76. The number of carbonyl (C=O) groups excluding carboxylic acids is 1. The number of morpholine rings is 1. The second kappa shape index (κ2) is 7.56. The van der Waals surface area contributed by atoms with Gasteiger partial charge in [-0.05, 0) is 31.0 Å². The van der Waals surface area contributed by atoms with Crippen LogP contribution in [0.1, 0.15) is 11.1 Å². The second-order valence-electron chi connectivity index (χ2n) is 6.27. The van der Waals surface area contributed by atoms with Crippen LogP contribution < -0.4 is 5.32 Å².